The number of hydrogen-bond donors (Lipinski definition) is 0. The van der Waals surface area contributed by atoms with Gasteiger partial charge in [-0.25, -0.2) is 0 Å². The molecule has 1 aromatic carbocycles. The lowest BCUT2D eigenvalue weighted by Crippen LogP contribution is -2.28. The fourth-order valence-electron chi connectivity index (χ4n) is 1.47. The van der Waals surface area contributed by atoms with Crippen LogP contribution >= 0.6 is 11.6 Å². The van der Waals surface area contributed by atoms with Gasteiger partial charge in [-0.2, -0.15) is 0 Å². The van der Waals surface area contributed by atoms with Gasteiger partial charge in [0.15, 0.2) is 0 Å². The van der Waals surface area contributed by atoms with Gasteiger partial charge in [0, 0.05) is 5.56 Å². The van der Waals surface area contributed by atoms with E-state index >= 15 is 0 Å². The summed E-state index contributed by atoms with van der Waals surface area (Å²) < 4.78 is 11.0. The molecule has 2 rings (SSSR count). The first-order valence-electron chi connectivity index (χ1n) is 4.27. The summed E-state index contributed by atoms with van der Waals surface area (Å²) in [6.07, 6.45) is 0. The van der Waals surface area contributed by atoms with E-state index in [1.165, 1.54) is 0 Å². The van der Waals surface area contributed by atoms with Gasteiger partial charge in [-0.15, -0.1) is 11.6 Å². The number of hydrogen-bond acceptors (Lipinski definition) is 2. The fourth-order valence-corrected chi connectivity index (χ4v) is 1.78. The first-order valence-corrected chi connectivity index (χ1v) is 4.80. The highest BCUT2D eigenvalue weighted by Gasteiger charge is 2.37. The first-order chi connectivity index (χ1) is 6.37. The minimum atomic E-state index is -0.706. The summed E-state index contributed by atoms with van der Waals surface area (Å²) in [6.45, 7) is 1.23. The molecular weight excluding hydrogens is 188 g/mol. The molecule has 0 aromatic heterocycles. The van der Waals surface area contributed by atoms with E-state index in [1.54, 1.807) is 0 Å². The van der Waals surface area contributed by atoms with Gasteiger partial charge >= 0.3 is 0 Å². The van der Waals surface area contributed by atoms with Crippen molar-refractivity contribution in [3.05, 3.63) is 35.9 Å². The molecule has 2 nitrogen and oxygen atoms in total. The topological polar surface area (TPSA) is 18.5 Å². The molecule has 0 spiro atoms. The van der Waals surface area contributed by atoms with Crippen molar-refractivity contribution in [2.24, 2.45) is 0 Å². The van der Waals surface area contributed by atoms with Gasteiger partial charge in [0.05, 0.1) is 19.1 Å². The molecule has 0 saturated carbocycles. The van der Waals surface area contributed by atoms with Gasteiger partial charge in [-0.1, -0.05) is 30.3 Å². The summed E-state index contributed by atoms with van der Waals surface area (Å²) in [5.41, 5.74) is 0.988. The van der Waals surface area contributed by atoms with Crippen molar-refractivity contribution in [3.8, 4) is 0 Å². The second-order valence-electron chi connectivity index (χ2n) is 2.95. The Balaban J connectivity index is 2.31. The Morgan fingerprint density at radius 2 is 1.77 bits per heavy atom. The number of halogens is 1. The van der Waals surface area contributed by atoms with Crippen LogP contribution in [0.2, 0.25) is 0 Å². The van der Waals surface area contributed by atoms with E-state index in [0.717, 1.165) is 5.56 Å². The van der Waals surface area contributed by atoms with Crippen molar-refractivity contribution < 1.29 is 9.47 Å². The molecule has 0 aliphatic carbocycles. The molecule has 1 aliphatic heterocycles. The molecule has 0 N–H and O–H groups in total. The normalized spacial score (nSPS) is 20.4. The summed E-state index contributed by atoms with van der Waals surface area (Å²) in [6, 6.07) is 9.80. The molecule has 0 unspecified atom stereocenters. The van der Waals surface area contributed by atoms with E-state index in [0.29, 0.717) is 19.1 Å². The highest BCUT2D eigenvalue weighted by atomic mass is 35.5. The highest BCUT2D eigenvalue weighted by molar-refractivity contribution is 6.18. The van der Waals surface area contributed by atoms with Crippen molar-refractivity contribution >= 4 is 11.6 Å². The SMILES string of the molecule is ClCC1(c2ccccc2)OCCO1. The van der Waals surface area contributed by atoms with Crippen LogP contribution in [-0.4, -0.2) is 19.1 Å². The second kappa shape index (κ2) is 3.66. The van der Waals surface area contributed by atoms with Crippen LogP contribution in [0.1, 0.15) is 5.56 Å². The largest absolute Gasteiger partial charge is 0.342 e. The minimum Gasteiger partial charge on any atom is -0.342 e. The average molecular weight is 199 g/mol. The standard InChI is InChI=1S/C10H11ClO2/c11-8-10(12-6-7-13-10)9-4-2-1-3-5-9/h1-5H,6-8H2. The number of ether oxygens (including phenoxy) is 2. The van der Waals surface area contributed by atoms with Crippen LogP contribution in [0.4, 0.5) is 0 Å². The van der Waals surface area contributed by atoms with Crippen LogP contribution in [0, 0.1) is 0 Å². The predicted molar refractivity (Wildman–Crippen MR) is 50.7 cm³/mol. The molecule has 1 aromatic rings. The van der Waals surface area contributed by atoms with E-state index in [2.05, 4.69) is 0 Å². The maximum absolute atomic E-state index is 5.85. The van der Waals surface area contributed by atoms with Gasteiger partial charge in [0.2, 0.25) is 5.79 Å². The summed E-state index contributed by atoms with van der Waals surface area (Å²) in [5, 5.41) is 0. The van der Waals surface area contributed by atoms with Crippen LogP contribution < -0.4 is 0 Å². The average Bonchev–Trinajstić information content (AvgIpc) is 2.69. The zero-order valence-electron chi connectivity index (χ0n) is 7.20. The molecular formula is C10H11ClO2. The van der Waals surface area contributed by atoms with Gasteiger partial charge in [0.1, 0.15) is 0 Å². The highest BCUT2D eigenvalue weighted by Crippen LogP contribution is 2.32. The Morgan fingerprint density at radius 1 is 1.15 bits per heavy atom. The van der Waals surface area contributed by atoms with Crippen LogP contribution in [-0.2, 0) is 15.3 Å². The molecule has 1 saturated heterocycles. The fraction of sp³-hybridized carbons (Fsp3) is 0.400. The molecule has 1 heterocycles. The zero-order chi connectivity index (χ0) is 9.15. The van der Waals surface area contributed by atoms with E-state index in [4.69, 9.17) is 21.1 Å². The summed E-state index contributed by atoms with van der Waals surface area (Å²) in [7, 11) is 0. The third kappa shape index (κ3) is 1.57. The van der Waals surface area contributed by atoms with E-state index < -0.39 is 5.79 Å². The Kier molecular flexibility index (Phi) is 2.54. The molecule has 3 heteroatoms. The number of benzene rings is 1. The second-order valence-corrected chi connectivity index (χ2v) is 3.22. The first kappa shape index (κ1) is 9.00. The molecule has 0 amide bonds. The Labute approximate surface area is 82.4 Å². The molecule has 0 atom stereocenters. The zero-order valence-corrected chi connectivity index (χ0v) is 7.96. The van der Waals surface area contributed by atoms with Crippen LogP contribution in [0.25, 0.3) is 0 Å². The van der Waals surface area contributed by atoms with Crippen molar-refractivity contribution in [2.45, 2.75) is 5.79 Å². The third-order valence-electron chi connectivity index (χ3n) is 2.14. The summed E-state index contributed by atoms with van der Waals surface area (Å²) in [4.78, 5) is 0. The maximum Gasteiger partial charge on any atom is 0.208 e. The van der Waals surface area contributed by atoms with Crippen molar-refractivity contribution in [3.63, 3.8) is 0 Å². The lowest BCUT2D eigenvalue weighted by atomic mass is 10.1. The number of rotatable bonds is 2. The van der Waals surface area contributed by atoms with Gasteiger partial charge in [0.25, 0.3) is 0 Å². The lowest BCUT2D eigenvalue weighted by molar-refractivity contribution is -0.146. The van der Waals surface area contributed by atoms with Gasteiger partial charge < -0.3 is 9.47 Å². The van der Waals surface area contributed by atoms with Crippen LogP contribution in [0.15, 0.2) is 30.3 Å². The predicted octanol–water partition coefficient (Wildman–Crippen LogP) is 2.12. The van der Waals surface area contributed by atoms with E-state index in [9.17, 15) is 0 Å². The van der Waals surface area contributed by atoms with Gasteiger partial charge in [-0.3, -0.25) is 0 Å². The van der Waals surface area contributed by atoms with Gasteiger partial charge in [-0.05, 0) is 0 Å². The molecule has 13 heavy (non-hydrogen) atoms. The Hall–Kier alpha value is -0.570. The minimum absolute atomic E-state index is 0.330. The van der Waals surface area contributed by atoms with Crippen LogP contribution in [0.5, 0.6) is 0 Å². The summed E-state index contributed by atoms with van der Waals surface area (Å²) >= 11 is 5.85. The Bertz CT molecular complexity index is 268. The smallest absolute Gasteiger partial charge is 0.208 e. The Morgan fingerprint density at radius 3 is 2.31 bits per heavy atom. The molecule has 1 fully saturated rings. The third-order valence-corrected chi connectivity index (χ3v) is 2.50. The van der Waals surface area contributed by atoms with Crippen molar-refractivity contribution in [1.82, 2.24) is 0 Å². The van der Waals surface area contributed by atoms with E-state index in [1.807, 2.05) is 30.3 Å². The summed E-state index contributed by atoms with van der Waals surface area (Å²) in [5.74, 6) is -0.375. The van der Waals surface area contributed by atoms with Crippen LogP contribution in [0.3, 0.4) is 0 Å². The molecule has 70 valence electrons. The van der Waals surface area contributed by atoms with Crippen molar-refractivity contribution in [1.29, 1.82) is 0 Å². The van der Waals surface area contributed by atoms with E-state index in [-0.39, 0.29) is 0 Å². The molecule has 0 radical (unpaired) electrons. The monoisotopic (exact) mass is 198 g/mol. The number of alkyl halides is 1. The molecule has 1 aliphatic rings. The molecule has 0 bridgehead atoms. The van der Waals surface area contributed by atoms with Crippen molar-refractivity contribution in [2.75, 3.05) is 19.1 Å². The lowest BCUT2D eigenvalue weighted by Gasteiger charge is -2.24. The maximum atomic E-state index is 5.85. The quantitative estimate of drug-likeness (QED) is 0.678.